The van der Waals surface area contributed by atoms with Gasteiger partial charge in [0.1, 0.15) is 0 Å². The SMILES string of the molecule is CC(=O)n1c2ccccc2c2c3c(ccc21)sc1ccccc13. The Morgan fingerprint density at radius 1 is 0.783 bits per heavy atom. The molecule has 3 aromatic carbocycles. The van der Waals surface area contributed by atoms with Gasteiger partial charge in [-0.15, -0.1) is 11.3 Å². The molecule has 2 heterocycles. The third-order valence-electron chi connectivity index (χ3n) is 4.49. The van der Waals surface area contributed by atoms with Gasteiger partial charge in [-0.05, 0) is 24.3 Å². The van der Waals surface area contributed by atoms with Crippen LogP contribution in [0, 0.1) is 0 Å². The molecule has 0 fully saturated rings. The summed E-state index contributed by atoms with van der Waals surface area (Å²) in [5.74, 6) is 0.0510. The number of fused-ring (bicyclic) bond motifs is 7. The van der Waals surface area contributed by atoms with E-state index >= 15 is 0 Å². The summed E-state index contributed by atoms with van der Waals surface area (Å²) in [7, 11) is 0. The minimum absolute atomic E-state index is 0.0510. The molecule has 2 aromatic heterocycles. The molecule has 0 bridgehead atoms. The molecule has 2 nitrogen and oxygen atoms in total. The largest absolute Gasteiger partial charge is 0.280 e. The summed E-state index contributed by atoms with van der Waals surface area (Å²) in [6.45, 7) is 1.63. The highest BCUT2D eigenvalue weighted by molar-refractivity contribution is 7.26. The van der Waals surface area contributed by atoms with Crippen molar-refractivity contribution in [3.8, 4) is 0 Å². The molecule has 0 amide bonds. The second-order valence-corrected chi connectivity index (χ2v) is 6.89. The molecule has 110 valence electrons. The number of rotatable bonds is 0. The van der Waals surface area contributed by atoms with Crippen molar-refractivity contribution < 1.29 is 4.79 Å². The maximum absolute atomic E-state index is 12.2. The maximum Gasteiger partial charge on any atom is 0.228 e. The molecule has 0 saturated heterocycles. The van der Waals surface area contributed by atoms with Gasteiger partial charge in [0.05, 0.1) is 11.0 Å². The molecule has 0 aliphatic carbocycles. The van der Waals surface area contributed by atoms with Crippen LogP contribution in [0.15, 0.2) is 60.7 Å². The second kappa shape index (κ2) is 4.43. The lowest BCUT2D eigenvalue weighted by Gasteiger charge is -2.01. The van der Waals surface area contributed by atoms with Gasteiger partial charge < -0.3 is 0 Å². The van der Waals surface area contributed by atoms with Gasteiger partial charge in [-0.25, -0.2) is 0 Å². The van der Waals surface area contributed by atoms with Gasteiger partial charge in [-0.1, -0.05) is 36.4 Å². The van der Waals surface area contributed by atoms with Crippen LogP contribution in [0.5, 0.6) is 0 Å². The minimum atomic E-state index is 0.0510. The molecular weight excluding hydrogens is 302 g/mol. The summed E-state index contributed by atoms with van der Waals surface area (Å²) in [4.78, 5) is 12.2. The first-order valence-corrected chi connectivity index (χ1v) is 8.42. The smallest absolute Gasteiger partial charge is 0.228 e. The average molecular weight is 315 g/mol. The number of nitrogens with zero attached hydrogens (tertiary/aromatic N) is 1. The molecule has 0 aliphatic heterocycles. The summed E-state index contributed by atoms with van der Waals surface area (Å²) in [6.07, 6.45) is 0. The molecule has 3 heteroatoms. The normalized spacial score (nSPS) is 11.9. The summed E-state index contributed by atoms with van der Waals surface area (Å²) in [5, 5.41) is 4.86. The number of carbonyl (C=O) groups excluding carboxylic acids is 1. The Balaban J connectivity index is 2.18. The van der Waals surface area contributed by atoms with Crippen LogP contribution in [0.25, 0.3) is 42.0 Å². The summed E-state index contributed by atoms with van der Waals surface area (Å²) >= 11 is 1.81. The van der Waals surface area contributed by atoms with Gasteiger partial charge in [-0.2, -0.15) is 0 Å². The van der Waals surface area contributed by atoms with E-state index in [0.29, 0.717) is 0 Å². The third-order valence-corrected chi connectivity index (χ3v) is 5.63. The predicted octanol–water partition coefficient (Wildman–Crippen LogP) is 5.82. The Hall–Kier alpha value is -2.65. The van der Waals surface area contributed by atoms with E-state index in [-0.39, 0.29) is 5.91 Å². The van der Waals surface area contributed by atoms with Crippen molar-refractivity contribution in [1.29, 1.82) is 0 Å². The molecule has 5 rings (SSSR count). The van der Waals surface area contributed by atoms with E-state index in [1.54, 1.807) is 6.92 Å². The van der Waals surface area contributed by atoms with E-state index in [9.17, 15) is 4.79 Å². The molecule has 0 saturated carbocycles. The van der Waals surface area contributed by atoms with Crippen LogP contribution >= 0.6 is 11.3 Å². The summed E-state index contributed by atoms with van der Waals surface area (Å²) in [5.41, 5.74) is 1.98. The molecule has 0 spiro atoms. The number of carbonyl (C=O) groups is 1. The van der Waals surface area contributed by atoms with Crippen LogP contribution in [-0.4, -0.2) is 10.5 Å². The van der Waals surface area contributed by atoms with E-state index in [2.05, 4.69) is 42.5 Å². The Kier molecular flexibility index (Phi) is 2.48. The van der Waals surface area contributed by atoms with Gasteiger partial charge in [0.2, 0.25) is 5.91 Å². The van der Waals surface area contributed by atoms with Crippen LogP contribution in [0.1, 0.15) is 11.7 Å². The number of hydrogen-bond donors (Lipinski definition) is 0. The van der Waals surface area contributed by atoms with Crippen LogP contribution in [0.3, 0.4) is 0 Å². The zero-order chi connectivity index (χ0) is 15.6. The van der Waals surface area contributed by atoms with Gasteiger partial charge in [-0.3, -0.25) is 9.36 Å². The van der Waals surface area contributed by atoms with Crippen molar-refractivity contribution in [2.24, 2.45) is 0 Å². The van der Waals surface area contributed by atoms with Crippen molar-refractivity contribution in [3.05, 3.63) is 60.7 Å². The van der Waals surface area contributed by atoms with E-state index in [1.807, 2.05) is 34.1 Å². The average Bonchev–Trinajstić information content (AvgIpc) is 3.09. The number of para-hydroxylation sites is 1. The summed E-state index contributed by atoms with van der Waals surface area (Å²) in [6, 6.07) is 20.9. The second-order valence-electron chi connectivity index (χ2n) is 5.80. The number of thiophene rings is 1. The van der Waals surface area contributed by atoms with Crippen LogP contribution < -0.4 is 0 Å². The molecule has 0 radical (unpaired) electrons. The Morgan fingerprint density at radius 2 is 1.52 bits per heavy atom. The first-order chi connectivity index (χ1) is 11.3. The highest BCUT2D eigenvalue weighted by Gasteiger charge is 2.17. The zero-order valence-corrected chi connectivity index (χ0v) is 13.4. The molecule has 0 N–H and O–H groups in total. The van der Waals surface area contributed by atoms with Gasteiger partial charge in [0.25, 0.3) is 0 Å². The topological polar surface area (TPSA) is 22.0 Å². The molecular formula is C20H13NOS. The quantitative estimate of drug-likeness (QED) is 0.353. The predicted molar refractivity (Wildman–Crippen MR) is 98.6 cm³/mol. The first-order valence-electron chi connectivity index (χ1n) is 7.60. The lowest BCUT2D eigenvalue weighted by Crippen LogP contribution is -2.04. The van der Waals surface area contributed by atoms with E-state index < -0.39 is 0 Å². The van der Waals surface area contributed by atoms with E-state index in [1.165, 1.54) is 25.6 Å². The molecule has 0 atom stereocenters. The highest BCUT2D eigenvalue weighted by Crippen LogP contribution is 2.42. The van der Waals surface area contributed by atoms with Crippen molar-refractivity contribution in [2.45, 2.75) is 6.92 Å². The number of benzene rings is 3. The fourth-order valence-electron chi connectivity index (χ4n) is 3.61. The fourth-order valence-corrected chi connectivity index (χ4v) is 4.73. The van der Waals surface area contributed by atoms with E-state index in [0.717, 1.165) is 16.4 Å². The van der Waals surface area contributed by atoms with Crippen LogP contribution in [0.2, 0.25) is 0 Å². The fraction of sp³-hybridized carbons (Fsp3) is 0.0500. The van der Waals surface area contributed by atoms with Crippen LogP contribution in [-0.2, 0) is 0 Å². The Morgan fingerprint density at radius 3 is 2.35 bits per heavy atom. The van der Waals surface area contributed by atoms with Crippen molar-refractivity contribution in [3.63, 3.8) is 0 Å². The monoisotopic (exact) mass is 315 g/mol. The Labute approximate surface area is 136 Å². The van der Waals surface area contributed by atoms with Gasteiger partial charge >= 0.3 is 0 Å². The van der Waals surface area contributed by atoms with Gasteiger partial charge in [0.15, 0.2) is 0 Å². The highest BCUT2D eigenvalue weighted by atomic mass is 32.1. The van der Waals surface area contributed by atoms with Crippen molar-refractivity contribution >= 4 is 59.2 Å². The molecule has 5 aromatic rings. The van der Waals surface area contributed by atoms with Crippen LogP contribution in [0.4, 0.5) is 0 Å². The third kappa shape index (κ3) is 1.60. The van der Waals surface area contributed by atoms with Crippen molar-refractivity contribution in [1.82, 2.24) is 4.57 Å². The minimum Gasteiger partial charge on any atom is -0.280 e. The molecule has 23 heavy (non-hydrogen) atoms. The number of hydrogen-bond acceptors (Lipinski definition) is 2. The zero-order valence-electron chi connectivity index (χ0n) is 12.5. The number of aromatic nitrogens is 1. The molecule has 0 unspecified atom stereocenters. The van der Waals surface area contributed by atoms with E-state index in [4.69, 9.17) is 0 Å². The maximum atomic E-state index is 12.2. The molecule has 0 aliphatic rings. The first kappa shape index (κ1) is 12.9. The lowest BCUT2D eigenvalue weighted by atomic mass is 10.1. The van der Waals surface area contributed by atoms with Crippen molar-refractivity contribution in [2.75, 3.05) is 0 Å². The Bertz CT molecular complexity index is 1240. The standard InChI is InChI=1S/C20H13NOS/c1-12(22)21-15-8-4-2-6-13(15)19-16(21)10-11-18-20(19)14-7-3-5-9-17(14)23-18/h2-11H,1H3. The van der Waals surface area contributed by atoms with Gasteiger partial charge in [0, 0.05) is 37.9 Å². The lowest BCUT2D eigenvalue weighted by molar-refractivity contribution is 0.0946. The summed E-state index contributed by atoms with van der Waals surface area (Å²) < 4.78 is 4.39.